The van der Waals surface area contributed by atoms with Crippen LogP contribution in [0.15, 0.2) is 35.4 Å². The van der Waals surface area contributed by atoms with Crippen LogP contribution >= 0.6 is 0 Å². The fourth-order valence-electron chi connectivity index (χ4n) is 1.43. The van der Waals surface area contributed by atoms with Crippen LogP contribution in [0.2, 0.25) is 0 Å². The van der Waals surface area contributed by atoms with Crippen LogP contribution in [0.5, 0.6) is 0 Å². The van der Waals surface area contributed by atoms with E-state index in [2.05, 4.69) is 41.8 Å². The lowest BCUT2D eigenvalue weighted by Crippen LogP contribution is -1.91. The lowest BCUT2D eigenvalue weighted by Gasteiger charge is -1.97. The third-order valence-electron chi connectivity index (χ3n) is 2.10. The minimum Gasteiger partial charge on any atom is -0.335 e. The summed E-state index contributed by atoms with van der Waals surface area (Å²) in [6.07, 6.45) is 2.24. The third kappa shape index (κ3) is 2.31. The van der Waals surface area contributed by atoms with Crippen molar-refractivity contribution in [3.05, 3.63) is 53.7 Å². The minimum atomic E-state index is 0.470. The van der Waals surface area contributed by atoms with Gasteiger partial charge in [0.2, 0.25) is 5.89 Å². The molecule has 2 rings (SSSR count). The van der Waals surface area contributed by atoms with Crippen LogP contribution in [0.3, 0.4) is 0 Å². The summed E-state index contributed by atoms with van der Waals surface area (Å²) < 4.78 is 4.94. The van der Waals surface area contributed by atoms with Gasteiger partial charge in [0.1, 0.15) is 0 Å². The molecule has 0 aliphatic rings. The van der Waals surface area contributed by atoms with Crippen LogP contribution in [0.1, 0.15) is 22.8 Å². The van der Waals surface area contributed by atoms with Gasteiger partial charge in [0.25, 0.3) is 0 Å². The maximum absolute atomic E-state index is 4.94. The number of aryl methyl sites for hydroxylation is 1. The number of nitrogens with zero attached hydrogens (tertiary/aromatic N) is 2. The Morgan fingerprint density at radius 1 is 1.47 bits per heavy atom. The second-order valence-electron chi connectivity index (χ2n) is 3.42. The quantitative estimate of drug-likeness (QED) is 0.764. The first-order valence-electron chi connectivity index (χ1n) is 4.78. The highest BCUT2D eigenvalue weighted by Gasteiger charge is 2.04. The van der Waals surface area contributed by atoms with E-state index in [0.29, 0.717) is 18.1 Å². The van der Waals surface area contributed by atoms with E-state index >= 15 is 0 Å². The normalized spacial score (nSPS) is 10.2. The zero-order chi connectivity index (χ0) is 10.7. The SMILES string of the molecule is C=Cc1nc(Cc2cccc(C)c2)no1. The van der Waals surface area contributed by atoms with E-state index in [4.69, 9.17) is 4.52 Å². The van der Waals surface area contributed by atoms with Crippen molar-refractivity contribution < 1.29 is 4.52 Å². The van der Waals surface area contributed by atoms with E-state index in [-0.39, 0.29) is 0 Å². The predicted molar refractivity (Wildman–Crippen MR) is 58.4 cm³/mol. The summed E-state index contributed by atoms with van der Waals surface area (Å²) in [7, 11) is 0. The Morgan fingerprint density at radius 3 is 3.00 bits per heavy atom. The van der Waals surface area contributed by atoms with E-state index in [1.54, 1.807) is 6.08 Å². The van der Waals surface area contributed by atoms with Gasteiger partial charge in [0, 0.05) is 6.42 Å². The smallest absolute Gasteiger partial charge is 0.250 e. The molecule has 0 saturated heterocycles. The first kappa shape index (κ1) is 9.65. The van der Waals surface area contributed by atoms with Crippen LogP contribution in [0.25, 0.3) is 6.08 Å². The number of aromatic nitrogens is 2. The summed E-state index contributed by atoms with van der Waals surface area (Å²) in [6, 6.07) is 8.26. The van der Waals surface area contributed by atoms with Gasteiger partial charge >= 0.3 is 0 Å². The second kappa shape index (κ2) is 4.09. The molecule has 1 heterocycles. The van der Waals surface area contributed by atoms with Crippen molar-refractivity contribution in [1.29, 1.82) is 0 Å². The minimum absolute atomic E-state index is 0.470. The molecule has 0 saturated carbocycles. The number of benzene rings is 1. The van der Waals surface area contributed by atoms with E-state index in [0.717, 1.165) is 0 Å². The Morgan fingerprint density at radius 2 is 2.33 bits per heavy atom. The molecular formula is C12H12N2O. The molecule has 76 valence electrons. The van der Waals surface area contributed by atoms with Gasteiger partial charge in [0.15, 0.2) is 5.82 Å². The molecule has 2 aromatic rings. The number of hydrogen-bond donors (Lipinski definition) is 0. The van der Waals surface area contributed by atoms with Gasteiger partial charge in [-0.3, -0.25) is 0 Å². The standard InChI is InChI=1S/C12H12N2O/c1-3-12-13-11(14-15-12)8-10-6-4-5-9(2)7-10/h3-7H,1,8H2,2H3. The fraction of sp³-hybridized carbons (Fsp3) is 0.167. The van der Waals surface area contributed by atoms with Crippen LogP contribution in [0, 0.1) is 6.92 Å². The Labute approximate surface area is 88.4 Å². The van der Waals surface area contributed by atoms with Crippen molar-refractivity contribution in [1.82, 2.24) is 10.1 Å². The van der Waals surface area contributed by atoms with Gasteiger partial charge in [-0.1, -0.05) is 41.6 Å². The van der Waals surface area contributed by atoms with Crippen LogP contribution in [-0.4, -0.2) is 10.1 Å². The Balaban J connectivity index is 2.18. The van der Waals surface area contributed by atoms with E-state index in [1.165, 1.54) is 11.1 Å². The summed E-state index contributed by atoms with van der Waals surface area (Å²) in [6.45, 7) is 5.63. The summed E-state index contributed by atoms with van der Waals surface area (Å²) in [4.78, 5) is 4.16. The van der Waals surface area contributed by atoms with Gasteiger partial charge in [-0.15, -0.1) is 0 Å². The molecule has 0 fully saturated rings. The molecule has 0 amide bonds. The van der Waals surface area contributed by atoms with E-state index in [9.17, 15) is 0 Å². The highest BCUT2D eigenvalue weighted by Crippen LogP contribution is 2.09. The third-order valence-corrected chi connectivity index (χ3v) is 2.10. The highest BCUT2D eigenvalue weighted by molar-refractivity contribution is 5.33. The monoisotopic (exact) mass is 200 g/mol. The van der Waals surface area contributed by atoms with Gasteiger partial charge < -0.3 is 4.52 Å². The largest absolute Gasteiger partial charge is 0.335 e. The average Bonchev–Trinajstić information content (AvgIpc) is 2.65. The van der Waals surface area contributed by atoms with Crippen LogP contribution < -0.4 is 0 Å². The Bertz CT molecular complexity index is 474. The molecule has 3 nitrogen and oxygen atoms in total. The molecule has 1 aromatic heterocycles. The lowest BCUT2D eigenvalue weighted by molar-refractivity contribution is 0.404. The van der Waals surface area contributed by atoms with Crippen molar-refractivity contribution in [3.8, 4) is 0 Å². The summed E-state index contributed by atoms with van der Waals surface area (Å²) >= 11 is 0. The second-order valence-corrected chi connectivity index (χ2v) is 3.42. The zero-order valence-corrected chi connectivity index (χ0v) is 8.60. The van der Waals surface area contributed by atoms with E-state index in [1.807, 2.05) is 6.07 Å². The van der Waals surface area contributed by atoms with Crippen LogP contribution in [-0.2, 0) is 6.42 Å². The van der Waals surface area contributed by atoms with Crippen molar-refractivity contribution in [2.45, 2.75) is 13.3 Å². The number of hydrogen-bond acceptors (Lipinski definition) is 3. The first-order valence-corrected chi connectivity index (χ1v) is 4.78. The average molecular weight is 200 g/mol. The molecule has 15 heavy (non-hydrogen) atoms. The molecular weight excluding hydrogens is 188 g/mol. The maximum atomic E-state index is 4.94. The van der Waals surface area contributed by atoms with Crippen LogP contribution in [0.4, 0.5) is 0 Å². The fourth-order valence-corrected chi connectivity index (χ4v) is 1.43. The molecule has 0 aliphatic carbocycles. The molecule has 0 bridgehead atoms. The zero-order valence-electron chi connectivity index (χ0n) is 8.60. The molecule has 0 atom stereocenters. The topological polar surface area (TPSA) is 38.9 Å². The molecule has 0 N–H and O–H groups in total. The number of rotatable bonds is 3. The highest BCUT2D eigenvalue weighted by atomic mass is 16.5. The van der Waals surface area contributed by atoms with Gasteiger partial charge in [-0.25, -0.2) is 0 Å². The summed E-state index contributed by atoms with van der Waals surface area (Å²) in [5, 5.41) is 3.85. The predicted octanol–water partition coefficient (Wildman–Crippen LogP) is 2.61. The Hall–Kier alpha value is -1.90. The Kier molecular flexibility index (Phi) is 2.63. The maximum Gasteiger partial charge on any atom is 0.250 e. The molecule has 0 aliphatic heterocycles. The van der Waals surface area contributed by atoms with E-state index < -0.39 is 0 Å². The summed E-state index contributed by atoms with van der Waals surface area (Å²) in [5.74, 6) is 1.16. The molecule has 3 heteroatoms. The molecule has 0 radical (unpaired) electrons. The first-order chi connectivity index (χ1) is 7.28. The van der Waals surface area contributed by atoms with Gasteiger partial charge in [-0.05, 0) is 18.6 Å². The van der Waals surface area contributed by atoms with Crippen molar-refractivity contribution in [3.63, 3.8) is 0 Å². The molecule has 0 spiro atoms. The lowest BCUT2D eigenvalue weighted by atomic mass is 10.1. The molecule has 0 unspecified atom stereocenters. The van der Waals surface area contributed by atoms with Gasteiger partial charge in [0.05, 0.1) is 0 Å². The van der Waals surface area contributed by atoms with Gasteiger partial charge in [-0.2, -0.15) is 4.98 Å². The summed E-state index contributed by atoms with van der Waals surface area (Å²) in [5.41, 5.74) is 2.42. The molecule has 1 aromatic carbocycles. The van der Waals surface area contributed by atoms with Crippen molar-refractivity contribution in [2.75, 3.05) is 0 Å². The van der Waals surface area contributed by atoms with Crippen molar-refractivity contribution >= 4 is 6.08 Å². The van der Waals surface area contributed by atoms with Crippen molar-refractivity contribution in [2.24, 2.45) is 0 Å².